The topological polar surface area (TPSA) is 29.3 Å². The van der Waals surface area contributed by atoms with E-state index >= 15 is 0 Å². The Morgan fingerprint density at radius 1 is 1.39 bits per heavy atom. The lowest BCUT2D eigenvalue weighted by Crippen LogP contribution is -2.45. The Labute approximate surface area is 109 Å². The molecule has 1 aliphatic rings. The van der Waals surface area contributed by atoms with Gasteiger partial charge in [-0.3, -0.25) is 4.90 Å². The van der Waals surface area contributed by atoms with E-state index in [2.05, 4.69) is 18.9 Å². The van der Waals surface area contributed by atoms with Crippen LogP contribution in [-0.2, 0) is 6.42 Å². The molecule has 2 N–H and O–H groups in total. The van der Waals surface area contributed by atoms with E-state index in [-0.39, 0.29) is 5.82 Å². The fourth-order valence-electron chi connectivity index (χ4n) is 2.63. The number of benzene rings is 1. The third-order valence-electron chi connectivity index (χ3n) is 4.10. The SMILES string of the molecule is CC(Cc1ccccc1F)N(C)C(CN)C1CC1. The molecular formula is C15H23FN2. The first-order chi connectivity index (χ1) is 8.63. The highest BCUT2D eigenvalue weighted by molar-refractivity contribution is 5.18. The van der Waals surface area contributed by atoms with Gasteiger partial charge in [-0.15, -0.1) is 0 Å². The maximum atomic E-state index is 13.6. The van der Waals surface area contributed by atoms with Crippen molar-refractivity contribution in [1.82, 2.24) is 4.90 Å². The zero-order valence-corrected chi connectivity index (χ0v) is 11.3. The van der Waals surface area contributed by atoms with Gasteiger partial charge in [0.2, 0.25) is 0 Å². The molecule has 2 nitrogen and oxygen atoms in total. The van der Waals surface area contributed by atoms with E-state index in [4.69, 9.17) is 5.73 Å². The molecule has 0 amide bonds. The van der Waals surface area contributed by atoms with Gasteiger partial charge in [-0.05, 0) is 50.8 Å². The summed E-state index contributed by atoms with van der Waals surface area (Å²) in [4.78, 5) is 2.32. The quantitative estimate of drug-likeness (QED) is 0.840. The van der Waals surface area contributed by atoms with Crippen LogP contribution in [0.5, 0.6) is 0 Å². The first-order valence-corrected chi connectivity index (χ1v) is 6.79. The van der Waals surface area contributed by atoms with Crippen LogP contribution in [0.15, 0.2) is 24.3 Å². The fourth-order valence-corrected chi connectivity index (χ4v) is 2.63. The summed E-state index contributed by atoms with van der Waals surface area (Å²) in [7, 11) is 2.11. The maximum Gasteiger partial charge on any atom is 0.126 e. The minimum Gasteiger partial charge on any atom is -0.329 e. The standard InChI is InChI=1S/C15H23FN2/c1-11(9-13-5-3-4-6-14(13)16)18(2)15(10-17)12-7-8-12/h3-6,11-12,15H,7-10,17H2,1-2H3. The summed E-state index contributed by atoms with van der Waals surface area (Å²) in [6.45, 7) is 2.85. The van der Waals surface area contributed by atoms with E-state index in [1.54, 1.807) is 6.07 Å². The number of halogens is 1. The van der Waals surface area contributed by atoms with Crippen molar-refractivity contribution < 1.29 is 4.39 Å². The zero-order valence-electron chi connectivity index (χ0n) is 11.3. The van der Waals surface area contributed by atoms with Crippen LogP contribution in [-0.4, -0.2) is 30.6 Å². The lowest BCUT2D eigenvalue weighted by Gasteiger charge is -2.32. The second-order valence-electron chi connectivity index (χ2n) is 5.45. The van der Waals surface area contributed by atoms with E-state index in [9.17, 15) is 4.39 Å². The highest BCUT2D eigenvalue weighted by Gasteiger charge is 2.34. The number of rotatable bonds is 6. The highest BCUT2D eigenvalue weighted by Crippen LogP contribution is 2.35. The molecule has 3 heteroatoms. The van der Waals surface area contributed by atoms with Crippen molar-refractivity contribution in [3.8, 4) is 0 Å². The third kappa shape index (κ3) is 3.09. The molecule has 0 aliphatic heterocycles. The van der Waals surface area contributed by atoms with Crippen molar-refractivity contribution in [1.29, 1.82) is 0 Å². The summed E-state index contributed by atoms with van der Waals surface area (Å²) in [6, 6.07) is 7.80. The van der Waals surface area contributed by atoms with Gasteiger partial charge in [0.15, 0.2) is 0 Å². The summed E-state index contributed by atoms with van der Waals surface area (Å²) in [6.07, 6.45) is 3.32. The first-order valence-electron chi connectivity index (χ1n) is 6.79. The monoisotopic (exact) mass is 250 g/mol. The number of nitrogens with two attached hydrogens (primary N) is 1. The molecule has 1 saturated carbocycles. The van der Waals surface area contributed by atoms with E-state index in [0.29, 0.717) is 18.6 Å². The predicted molar refractivity (Wildman–Crippen MR) is 72.9 cm³/mol. The highest BCUT2D eigenvalue weighted by atomic mass is 19.1. The molecule has 1 aliphatic carbocycles. The van der Waals surface area contributed by atoms with Gasteiger partial charge in [-0.2, -0.15) is 0 Å². The minimum absolute atomic E-state index is 0.103. The van der Waals surface area contributed by atoms with E-state index in [1.165, 1.54) is 18.9 Å². The molecule has 0 saturated heterocycles. The Hall–Kier alpha value is -0.930. The first kappa shape index (κ1) is 13.5. The van der Waals surface area contributed by atoms with Gasteiger partial charge < -0.3 is 5.73 Å². The molecule has 0 radical (unpaired) electrons. The second kappa shape index (κ2) is 5.81. The van der Waals surface area contributed by atoms with E-state index < -0.39 is 0 Å². The molecule has 1 fully saturated rings. The molecule has 1 aromatic rings. The number of hydrogen-bond acceptors (Lipinski definition) is 2. The molecule has 2 rings (SSSR count). The van der Waals surface area contributed by atoms with Crippen LogP contribution < -0.4 is 5.73 Å². The van der Waals surface area contributed by atoms with Crippen molar-refractivity contribution in [2.45, 2.75) is 38.3 Å². The molecule has 18 heavy (non-hydrogen) atoms. The summed E-state index contributed by atoms with van der Waals surface area (Å²) in [5, 5.41) is 0. The van der Waals surface area contributed by atoms with Crippen LogP contribution in [0.3, 0.4) is 0 Å². The van der Waals surface area contributed by atoms with Gasteiger partial charge in [0.1, 0.15) is 5.82 Å². The second-order valence-corrected chi connectivity index (χ2v) is 5.45. The fraction of sp³-hybridized carbons (Fsp3) is 0.600. The molecule has 2 atom stereocenters. The molecule has 0 bridgehead atoms. The average molecular weight is 250 g/mol. The third-order valence-corrected chi connectivity index (χ3v) is 4.10. The Morgan fingerprint density at radius 3 is 2.61 bits per heavy atom. The van der Waals surface area contributed by atoms with Crippen molar-refractivity contribution in [2.75, 3.05) is 13.6 Å². The van der Waals surface area contributed by atoms with Crippen LogP contribution in [0.2, 0.25) is 0 Å². The molecule has 2 unspecified atom stereocenters. The van der Waals surface area contributed by atoms with Crippen molar-refractivity contribution in [3.63, 3.8) is 0 Å². The van der Waals surface area contributed by atoms with Gasteiger partial charge >= 0.3 is 0 Å². The number of nitrogens with zero attached hydrogens (tertiary/aromatic N) is 1. The van der Waals surface area contributed by atoms with Gasteiger partial charge in [-0.1, -0.05) is 18.2 Å². The van der Waals surface area contributed by atoms with E-state index in [1.807, 2.05) is 12.1 Å². The largest absolute Gasteiger partial charge is 0.329 e. The lowest BCUT2D eigenvalue weighted by atomic mass is 10.0. The van der Waals surface area contributed by atoms with Gasteiger partial charge in [0, 0.05) is 18.6 Å². The van der Waals surface area contributed by atoms with Crippen LogP contribution in [0.4, 0.5) is 4.39 Å². The molecule has 0 heterocycles. The maximum absolute atomic E-state index is 13.6. The minimum atomic E-state index is -0.103. The molecule has 1 aromatic carbocycles. The van der Waals surface area contributed by atoms with Crippen molar-refractivity contribution in [3.05, 3.63) is 35.6 Å². The zero-order chi connectivity index (χ0) is 13.1. The predicted octanol–water partition coefficient (Wildman–Crippen LogP) is 2.43. The summed E-state index contributed by atoms with van der Waals surface area (Å²) < 4.78 is 13.6. The molecule has 0 aromatic heterocycles. The van der Waals surface area contributed by atoms with Crippen molar-refractivity contribution in [2.24, 2.45) is 11.7 Å². The molecule has 100 valence electrons. The Kier molecular flexibility index (Phi) is 4.36. The Balaban J connectivity index is 1.98. The smallest absolute Gasteiger partial charge is 0.126 e. The van der Waals surface area contributed by atoms with Crippen LogP contribution >= 0.6 is 0 Å². The Morgan fingerprint density at radius 2 is 2.06 bits per heavy atom. The number of likely N-dealkylation sites (N-methyl/N-ethyl adjacent to an activating group) is 1. The summed E-state index contributed by atoms with van der Waals surface area (Å²) >= 11 is 0. The van der Waals surface area contributed by atoms with Gasteiger partial charge in [0.05, 0.1) is 0 Å². The lowest BCUT2D eigenvalue weighted by molar-refractivity contribution is 0.168. The number of hydrogen-bond donors (Lipinski definition) is 1. The molecular weight excluding hydrogens is 227 g/mol. The summed E-state index contributed by atoms with van der Waals surface area (Å²) in [5.74, 6) is 0.650. The summed E-state index contributed by atoms with van der Waals surface area (Å²) in [5.41, 5.74) is 6.65. The molecule has 0 spiro atoms. The van der Waals surface area contributed by atoms with Crippen LogP contribution in [0.25, 0.3) is 0 Å². The van der Waals surface area contributed by atoms with Crippen molar-refractivity contribution >= 4 is 0 Å². The average Bonchev–Trinajstić information content (AvgIpc) is 3.17. The van der Waals surface area contributed by atoms with Crippen LogP contribution in [0.1, 0.15) is 25.3 Å². The normalized spacial score (nSPS) is 18.9. The van der Waals surface area contributed by atoms with Gasteiger partial charge in [-0.25, -0.2) is 4.39 Å². The van der Waals surface area contributed by atoms with Gasteiger partial charge in [0.25, 0.3) is 0 Å². The Bertz CT molecular complexity index is 390. The van der Waals surface area contributed by atoms with Crippen LogP contribution in [0, 0.1) is 11.7 Å². The van der Waals surface area contributed by atoms with E-state index in [0.717, 1.165) is 17.9 Å².